The predicted molar refractivity (Wildman–Crippen MR) is 98.3 cm³/mol. The van der Waals surface area contributed by atoms with Crippen LogP contribution in [0.15, 0.2) is 97.2 Å². The summed E-state index contributed by atoms with van der Waals surface area (Å²) < 4.78 is 0. The smallest absolute Gasteiger partial charge is 0.101 e. The standard InChI is InChI=1S/C22H16N2/c1-4-10-17(11-5-1)20-16-23-24-22(19-14-8-3-9-15-19)21(20)18-12-6-2-7-13-18/h1-16H. The maximum atomic E-state index is 4.46. The summed E-state index contributed by atoms with van der Waals surface area (Å²) in [7, 11) is 0. The fourth-order valence-corrected chi connectivity index (χ4v) is 2.92. The molecule has 0 N–H and O–H groups in total. The summed E-state index contributed by atoms with van der Waals surface area (Å²) in [5.41, 5.74) is 6.47. The topological polar surface area (TPSA) is 25.8 Å². The molecule has 1 aromatic heterocycles. The van der Waals surface area contributed by atoms with Crippen molar-refractivity contribution in [1.29, 1.82) is 0 Å². The quantitative estimate of drug-likeness (QED) is 0.501. The molecule has 0 atom stereocenters. The molecule has 0 bridgehead atoms. The number of benzene rings is 3. The third kappa shape index (κ3) is 2.70. The minimum absolute atomic E-state index is 0.906. The van der Waals surface area contributed by atoms with Crippen LogP contribution < -0.4 is 0 Å². The van der Waals surface area contributed by atoms with Gasteiger partial charge in [-0.05, 0) is 11.1 Å². The number of hydrogen-bond donors (Lipinski definition) is 0. The first kappa shape index (κ1) is 14.3. The first-order chi connectivity index (χ1) is 11.9. The van der Waals surface area contributed by atoms with Gasteiger partial charge in [0.15, 0.2) is 0 Å². The molecule has 3 aromatic carbocycles. The van der Waals surface area contributed by atoms with Crippen LogP contribution in [0, 0.1) is 0 Å². The second-order valence-electron chi connectivity index (χ2n) is 5.58. The van der Waals surface area contributed by atoms with E-state index in [-0.39, 0.29) is 0 Å². The van der Waals surface area contributed by atoms with Crippen molar-refractivity contribution in [1.82, 2.24) is 10.2 Å². The van der Waals surface area contributed by atoms with Gasteiger partial charge in [-0.2, -0.15) is 5.10 Å². The zero-order valence-corrected chi connectivity index (χ0v) is 13.1. The van der Waals surface area contributed by atoms with Crippen molar-refractivity contribution in [3.63, 3.8) is 0 Å². The number of rotatable bonds is 3. The average Bonchev–Trinajstić information content (AvgIpc) is 2.69. The Labute approximate surface area is 141 Å². The summed E-state index contributed by atoms with van der Waals surface area (Å²) in [6, 6.07) is 30.9. The van der Waals surface area contributed by atoms with E-state index in [1.165, 1.54) is 0 Å². The summed E-state index contributed by atoms with van der Waals surface area (Å²) in [6.07, 6.45) is 1.85. The zero-order valence-electron chi connectivity index (χ0n) is 13.1. The van der Waals surface area contributed by atoms with Crippen molar-refractivity contribution in [3.05, 3.63) is 97.2 Å². The molecule has 4 rings (SSSR count). The molecule has 0 amide bonds. The number of aromatic nitrogens is 2. The van der Waals surface area contributed by atoms with E-state index in [0.29, 0.717) is 0 Å². The van der Waals surface area contributed by atoms with E-state index < -0.39 is 0 Å². The molecule has 0 aliphatic heterocycles. The second-order valence-corrected chi connectivity index (χ2v) is 5.58. The van der Waals surface area contributed by atoms with Crippen LogP contribution in [0.25, 0.3) is 33.5 Å². The summed E-state index contributed by atoms with van der Waals surface area (Å²) in [6.45, 7) is 0. The summed E-state index contributed by atoms with van der Waals surface area (Å²) in [5.74, 6) is 0. The summed E-state index contributed by atoms with van der Waals surface area (Å²) in [4.78, 5) is 0. The van der Waals surface area contributed by atoms with E-state index in [0.717, 1.165) is 33.5 Å². The molecule has 0 unspecified atom stereocenters. The molecule has 0 saturated heterocycles. The highest BCUT2D eigenvalue weighted by molar-refractivity contribution is 5.91. The normalized spacial score (nSPS) is 10.5. The third-order valence-electron chi connectivity index (χ3n) is 4.05. The maximum Gasteiger partial charge on any atom is 0.101 e. The van der Waals surface area contributed by atoms with E-state index in [2.05, 4.69) is 58.7 Å². The van der Waals surface area contributed by atoms with Crippen molar-refractivity contribution in [3.8, 4) is 33.5 Å². The molecule has 4 aromatic rings. The molecule has 0 spiro atoms. The molecule has 24 heavy (non-hydrogen) atoms. The van der Waals surface area contributed by atoms with E-state index in [9.17, 15) is 0 Å². The van der Waals surface area contributed by atoms with Gasteiger partial charge in [0.05, 0.1) is 6.20 Å². The van der Waals surface area contributed by atoms with E-state index in [4.69, 9.17) is 0 Å². The first-order valence-corrected chi connectivity index (χ1v) is 7.95. The van der Waals surface area contributed by atoms with Crippen LogP contribution >= 0.6 is 0 Å². The van der Waals surface area contributed by atoms with Crippen LogP contribution in [-0.4, -0.2) is 10.2 Å². The van der Waals surface area contributed by atoms with Gasteiger partial charge < -0.3 is 0 Å². The van der Waals surface area contributed by atoms with Crippen LogP contribution in [0.5, 0.6) is 0 Å². The van der Waals surface area contributed by atoms with Crippen LogP contribution in [0.3, 0.4) is 0 Å². The third-order valence-corrected chi connectivity index (χ3v) is 4.05. The number of nitrogens with zero attached hydrogens (tertiary/aromatic N) is 2. The predicted octanol–water partition coefficient (Wildman–Crippen LogP) is 5.48. The molecule has 2 nitrogen and oxygen atoms in total. The molecule has 0 aliphatic rings. The molecule has 0 fully saturated rings. The van der Waals surface area contributed by atoms with Crippen molar-refractivity contribution >= 4 is 0 Å². The van der Waals surface area contributed by atoms with E-state index in [1.54, 1.807) is 0 Å². The van der Waals surface area contributed by atoms with Gasteiger partial charge in [0.2, 0.25) is 0 Å². The lowest BCUT2D eigenvalue weighted by Crippen LogP contribution is -1.96. The average molecular weight is 308 g/mol. The highest BCUT2D eigenvalue weighted by Gasteiger charge is 2.15. The maximum absolute atomic E-state index is 4.46. The first-order valence-electron chi connectivity index (χ1n) is 7.95. The number of hydrogen-bond acceptors (Lipinski definition) is 2. The Morgan fingerprint density at radius 3 is 1.58 bits per heavy atom. The van der Waals surface area contributed by atoms with Gasteiger partial charge in [-0.15, -0.1) is 5.10 Å². The molecule has 0 aliphatic carbocycles. The molecule has 1 heterocycles. The summed E-state index contributed by atoms with van der Waals surface area (Å²) in [5, 5.41) is 8.74. The Hall–Kier alpha value is -3.26. The highest BCUT2D eigenvalue weighted by Crippen LogP contribution is 2.37. The van der Waals surface area contributed by atoms with Crippen LogP contribution in [0.2, 0.25) is 0 Å². The molecule has 0 saturated carbocycles. The Morgan fingerprint density at radius 2 is 1.00 bits per heavy atom. The fourth-order valence-electron chi connectivity index (χ4n) is 2.92. The van der Waals surface area contributed by atoms with Crippen molar-refractivity contribution in [2.45, 2.75) is 0 Å². The minimum atomic E-state index is 0.906. The molecule has 114 valence electrons. The molecular weight excluding hydrogens is 292 g/mol. The Balaban J connectivity index is 2.02. The lowest BCUT2D eigenvalue weighted by atomic mass is 9.92. The Bertz CT molecular complexity index is 876. The van der Waals surface area contributed by atoms with Gasteiger partial charge >= 0.3 is 0 Å². The largest absolute Gasteiger partial charge is 0.158 e. The van der Waals surface area contributed by atoms with E-state index >= 15 is 0 Å². The monoisotopic (exact) mass is 308 g/mol. The highest BCUT2D eigenvalue weighted by atomic mass is 15.1. The lowest BCUT2D eigenvalue weighted by Gasteiger charge is -2.14. The van der Waals surface area contributed by atoms with Crippen LogP contribution in [0.4, 0.5) is 0 Å². The van der Waals surface area contributed by atoms with Gasteiger partial charge in [-0.1, -0.05) is 91.0 Å². The summed E-state index contributed by atoms with van der Waals surface area (Å²) >= 11 is 0. The Morgan fingerprint density at radius 1 is 0.500 bits per heavy atom. The minimum Gasteiger partial charge on any atom is -0.158 e. The van der Waals surface area contributed by atoms with Gasteiger partial charge in [-0.25, -0.2) is 0 Å². The van der Waals surface area contributed by atoms with Gasteiger partial charge in [0.1, 0.15) is 5.69 Å². The Kier molecular flexibility index (Phi) is 3.86. The molecule has 0 radical (unpaired) electrons. The molecular formula is C22H16N2. The van der Waals surface area contributed by atoms with Crippen molar-refractivity contribution in [2.75, 3.05) is 0 Å². The zero-order chi connectivity index (χ0) is 16.2. The van der Waals surface area contributed by atoms with Gasteiger partial charge in [0.25, 0.3) is 0 Å². The fraction of sp³-hybridized carbons (Fsp3) is 0. The van der Waals surface area contributed by atoms with E-state index in [1.807, 2.05) is 48.7 Å². The van der Waals surface area contributed by atoms with Crippen molar-refractivity contribution in [2.24, 2.45) is 0 Å². The molecule has 2 heteroatoms. The van der Waals surface area contributed by atoms with Crippen LogP contribution in [-0.2, 0) is 0 Å². The van der Waals surface area contributed by atoms with Gasteiger partial charge in [-0.3, -0.25) is 0 Å². The van der Waals surface area contributed by atoms with Crippen molar-refractivity contribution < 1.29 is 0 Å². The second kappa shape index (κ2) is 6.47. The van der Waals surface area contributed by atoms with Crippen LogP contribution in [0.1, 0.15) is 0 Å². The lowest BCUT2D eigenvalue weighted by molar-refractivity contribution is 1.04. The SMILES string of the molecule is c1ccc(-c2cnnc(-c3ccccc3)c2-c2ccccc2)cc1. The van der Waals surface area contributed by atoms with Gasteiger partial charge in [0, 0.05) is 16.7 Å².